The van der Waals surface area contributed by atoms with Gasteiger partial charge in [-0.05, 0) is 6.07 Å². The van der Waals surface area contributed by atoms with Crippen LogP contribution in [-0.2, 0) is 0 Å². The number of aromatic nitrogens is 1. The fraction of sp³-hybridized carbons (Fsp3) is 0.455. The molecule has 0 unspecified atom stereocenters. The van der Waals surface area contributed by atoms with E-state index in [1.165, 1.54) is 0 Å². The molecule has 0 saturated carbocycles. The van der Waals surface area contributed by atoms with Crippen molar-refractivity contribution in [3.8, 4) is 6.07 Å². The number of nitrogens with zero attached hydrogens (tertiary/aromatic N) is 3. The molecule has 4 nitrogen and oxygen atoms in total. The minimum absolute atomic E-state index is 0.612. The summed E-state index contributed by atoms with van der Waals surface area (Å²) in [5.74, 6) is 0.788. The molecule has 0 spiro atoms. The highest BCUT2D eigenvalue weighted by Gasteiger charge is 2.42. The molecule has 3 rings (SSSR count). The average Bonchev–Trinajstić information content (AvgIpc) is 2.61. The quantitative estimate of drug-likeness (QED) is 0.711. The van der Waals surface area contributed by atoms with Crippen LogP contribution in [0.5, 0.6) is 0 Å². The van der Waals surface area contributed by atoms with E-state index in [-0.39, 0.29) is 0 Å². The zero-order valence-corrected chi connectivity index (χ0v) is 8.35. The van der Waals surface area contributed by atoms with Crippen molar-refractivity contribution in [3.63, 3.8) is 0 Å². The minimum atomic E-state index is 0.612. The summed E-state index contributed by atoms with van der Waals surface area (Å²) in [5, 5.41) is 12.2. The number of fused-ring (bicyclic) bond motifs is 1. The van der Waals surface area contributed by atoms with E-state index in [0.717, 1.165) is 31.2 Å². The van der Waals surface area contributed by atoms with Crippen LogP contribution in [0.4, 0.5) is 5.69 Å². The fourth-order valence-corrected chi connectivity index (χ4v) is 2.46. The van der Waals surface area contributed by atoms with Gasteiger partial charge in [0.05, 0.1) is 17.4 Å². The topological polar surface area (TPSA) is 52.0 Å². The Balaban J connectivity index is 1.85. The summed E-state index contributed by atoms with van der Waals surface area (Å²) >= 11 is 0. The molecule has 2 atom stereocenters. The molecule has 2 aliphatic rings. The van der Waals surface area contributed by atoms with E-state index in [1.54, 1.807) is 6.20 Å². The fourth-order valence-electron chi connectivity index (χ4n) is 2.46. The normalized spacial score (nSPS) is 28.1. The van der Waals surface area contributed by atoms with Gasteiger partial charge in [-0.2, -0.15) is 5.26 Å². The van der Waals surface area contributed by atoms with E-state index in [1.807, 2.05) is 12.3 Å². The summed E-state index contributed by atoms with van der Waals surface area (Å²) < 4.78 is 0. The van der Waals surface area contributed by atoms with E-state index in [4.69, 9.17) is 5.26 Å². The van der Waals surface area contributed by atoms with Crippen LogP contribution < -0.4 is 10.2 Å². The van der Waals surface area contributed by atoms with Crippen LogP contribution in [0.2, 0.25) is 0 Å². The van der Waals surface area contributed by atoms with Gasteiger partial charge in [0.25, 0.3) is 0 Å². The molecule has 1 aromatic rings. The number of rotatable bonds is 1. The van der Waals surface area contributed by atoms with Gasteiger partial charge in [0.1, 0.15) is 6.07 Å². The highest BCUT2D eigenvalue weighted by Crippen LogP contribution is 2.32. The van der Waals surface area contributed by atoms with E-state index in [9.17, 15) is 0 Å². The Bertz CT molecular complexity index is 423. The number of nitrogens with one attached hydrogen (secondary N) is 1. The maximum absolute atomic E-state index is 8.80. The molecule has 1 N–H and O–H groups in total. The first kappa shape index (κ1) is 8.69. The van der Waals surface area contributed by atoms with Gasteiger partial charge < -0.3 is 10.2 Å². The van der Waals surface area contributed by atoms with Crippen molar-refractivity contribution >= 4 is 5.69 Å². The molecule has 0 amide bonds. The Morgan fingerprint density at radius 3 is 3.20 bits per heavy atom. The van der Waals surface area contributed by atoms with Crippen molar-refractivity contribution in [2.45, 2.75) is 6.04 Å². The first-order chi connectivity index (χ1) is 7.38. The van der Waals surface area contributed by atoms with Crippen molar-refractivity contribution < 1.29 is 0 Å². The molecular formula is C11H12N4. The van der Waals surface area contributed by atoms with E-state index >= 15 is 0 Å². The monoisotopic (exact) mass is 200 g/mol. The van der Waals surface area contributed by atoms with Crippen molar-refractivity contribution in [1.29, 1.82) is 5.26 Å². The molecule has 15 heavy (non-hydrogen) atoms. The zero-order chi connectivity index (χ0) is 10.3. The van der Waals surface area contributed by atoms with Crippen LogP contribution in [0.15, 0.2) is 18.5 Å². The summed E-state index contributed by atoms with van der Waals surface area (Å²) in [4.78, 5) is 6.42. The largest absolute Gasteiger partial charge is 0.365 e. The van der Waals surface area contributed by atoms with Crippen LogP contribution in [0.25, 0.3) is 0 Å². The number of nitriles is 1. The summed E-state index contributed by atoms with van der Waals surface area (Å²) in [6.07, 6.45) is 3.45. The molecule has 2 aliphatic heterocycles. The average molecular weight is 200 g/mol. The first-order valence-electron chi connectivity index (χ1n) is 5.21. The molecular weight excluding hydrogens is 188 g/mol. The Hall–Kier alpha value is -1.60. The van der Waals surface area contributed by atoms with Gasteiger partial charge in [0.15, 0.2) is 0 Å². The van der Waals surface area contributed by atoms with Crippen LogP contribution in [-0.4, -0.2) is 30.7 Å². The lowest BCUT2D eigenvalue weighted by Crippen LogP contribution is -2.55. The zero-order valence-electron chi connectivity index (χ0n) is 8.35. The molecule has 0 bridgehead atoms. The van der Waals surface area contributed by atoms with Crippen molar-refractivity contribution in [3.05, 3.63) is 24.0 Å². The summed E-state index contributed by atoms with van der Waals surface area (Å²) in [6.45, 7) is 3.28. The van der Waals surface area contributed by atoms with Crippen molar-refractivity contribution in [2.75, 3.05) is 24.5 Å². The van der Waals surface area contributed by atoms with Gasteiger partial charge in [-0.1, -0.05) is 0 Å². The first-order valence-corrected chi connectivity index (χ1v) is 5.21. The number of pyridine rings is 1. The second-order valence-corrected chi connectivity index (χ2v) is 4.18. The maximum Gasteiger partial charge on any atom is 0.101 e. The second kappa shape index (κ2) is 3.21. The van der Waals surface area contributed by atoms with Crippen LogP contribution >= 0.6 is 0 Å². The summed E-state index contributed by atoms with van der Waals surface area (Å²) in [5.41, 5.74) is 1.72. The highest BCUT2D eigenvalue weighted by molar-refractivity contribution is 5.53. The third-order valence-electron chi connectivity index (χ3n) is 3.32. The molecule has 4 heteroatoms. The van der Waals surface area contributed by atoms with Crippen molar-refractivity contribution in [1.82, 2.24) is 10.3 Å². The minimum Gasteiger partial charge on any atom is -0.365 e. The van der Waals surface area contributed by atoms with Crippen molar-refractivity contribution in [2.24, 2.45) is 5.92 Å². The molecule has 0 aromatic carbocycles. The smallest absolute Gasteiger partial charge is 0.101 e. The molecule has 2 saturated heterocycles. The molecule has 2 fully saturated rings. The lowest BCUT2D eigenvalue weighted by atomic mass is 9.91. The Kier molecular flexibility index (Phi) is 1.86. The molecule has 0 radical (unpaired) electrons. The van der Waals surface area contributed by atoms with Crippen LogP contribution in [0, 0.1) is 17.2 Å². The lowest BCUT2D eigenvalue weighted by Gasteiger charge is -2.45. The Morgan fingerprint density at radius 1 is 1.47 bits per heavy atom. The summed E-state index contributed by atoms with van der Waals surface area (Å²) in [6, 6.07) is 4.66. The van der Waals surface area contributed by atoms with Gasteiger partial charge >= 0.3 is 0 Å². The van der Waals surface area contributed by atoms with Gasteiger partial charge in [-0.25, -0.2) is 0 Å². The number of anilines is 1. The molecule has 0 aliphatic carbocycles. The Labute approximate surface area is 88.5 Å². The predicted octanol–water partition coefficient (Wildman–Crippen LogP) is 0.361. The second-order valence-electron chi connectivity index (χ2n) is 4.18. The highest BCUT2D eigenvalue weighted by atomic mass is 15.3. The van der Waals surface area contributed by atoms with Gasteiger partial charge in [0, 0.05) is 37.8 Å². The van der Waals surface area contributed by atoms with E-state index in [2.05, 4.69) is 21.3 Å². The van der Waals surface area contributed by atoms with Crippen LogP contribution in [0.3, 0.4) is 0 Å². The van der Waals surface area contributed by atoms with E-state index < -0.39 is 0 Å². The summed E-state index contributed by atoms with van der Waals surface area (Å²) in [7, 11) is 0. The van der Waals surface area contributed by atoms with Gasteiger partial charge in [-0.3, -0.25) is 4.98 Å². The standard InChI is InChI=1S/C11H12N4/c12-2-8-1-10(5-13-3-8)15-7-9-4-14-6-11(9)15/h1,3,5,9,11,14H,4,6-7H2/t9-,11-/m1/s1. The van der Waals surface area contributed by atoms with Crippen LogP contribution in [0.1, 0.15) is 5.56 Å². The molecule has 1 aromatic heterocycles. The molecule has 3 heterocycles. The van der Waals surface area contributed by atoms with Gasteiger partial charge in [0.2, 0.25) is 0 Å². The third-order valence-corrected chi connectivity index (χ3v) is 3.32. The maximum atomic E-state index is 8.80. The number of hydrogen-bond donors (Lipinski definition) is 1. The lowest BCUT2D eigenvalue weighted by molar-refractivity contribution is 0.365. The SMILES string of the molecule is N#Cc1cncc(N2C[C@H]3CNC[C@H]32)c1. The number of hydrogen-bond acceptors (Lipinski definition) is 4. The third kappa shape index (κ3) is 1.28. The van der Waals surface area contributed by atoms with Gasteiger partial charge in [-0.15, -0.1) is 0 Å². The predicted molar refractivity (Wildman–Crippen MR) is 56.4 cm³/mol. The Morgan fingerprint density at radius 2 is 2.40 bits per heavy atom. The molecule has 76 valence electrons. The van der Waals surface area contributed by atoms with E-state index in [0.29, 0.717) is 11.6 Å².